The highest BCUT2D eigenvalue weighted by atomic mass is 32.2. The summed E-state index contributed by atoms with van der Waals surface area (Å²) >= 11 is 1.45. The first-order valence-electron chi connectivity index (χ1n) is 11.2. The summed E-state index contributed by atoms with van der Waals surface area (Å²) in [6, 6.07) is 26.7. The molecule has 0 aromatic heterocycles. The number of Topliss-reactive ketones (excluding diaryl/α,β-unsaturated/α-hetero) is 2. The lowest BCUT2D eigenvalue weighted by atomic mass is 10.1. The number of benzene rings is 4. The van der Waals surface area contributed by atoms with Crippen LogP contribution in [0.5, 0.6) is 23.0 Å². The lowest BCUT2D eigenvalue weighted by molar-refractivity contribution is -0.125. The molecule has 0 aliphatic carbocycles. The first-order chi connectivity index (χ1) is 17.1. The van der Waals surface area contributed by atoms with Crippen LogP contribution in [-0.4, -0.2) is 31.5 Å². The maximum Gasteiger partial charge on any atom is 0.161 e. The summed E-state index contributed by atoms with van der Waals surface area (Å²) in [6.45, 7) is 0. The highest BCUT2D eigenvalue weighted by Crippen LogP contribution is 2.37. The average molecular weight is 487 g/mol. The van der Waals surface area contributed by atoms with Crippen molar-refractivity contribution >= 4 is 34.1 Å². The number of carbonyl (C=O) groups is 2. The SMILES string of the molecule is COc1cc2cccc(Oc3ccc(CC(=O)CC(=O)CSc4ccccc4)cc3)c2cc1OC. The molecule has 0 bridgehead atoms. The van der Waals surface area contributed by atoms with E-state index < -0.39 is 0 Å². The van der Waals surface area contributed by atoms with Crippen LogP contribution in [-0.2, 0) is 16.0 Å². The van der Waals surface area contributed by atoms with E-state index in [1.165, 1.54) is 11.8 Å². The van der Waals surface area contributed by atoms with Crippen LogP contribution in [0.3, 0.4) is 0 Å². The lowest BCUT2D eigenvalue weighted by Gasteiger charge is -2.13. The van der Waals surface area contributed by atoms with Crippen molar-refractivity contribution in [3.8, 4) is 23.0 Å². The number of ether oxygens (including phenoxy) is 3. The molecule has 0 aliphatic heterocycles. The van der Waals surface area contributed by atoms with Crippen molar-refractivity contribution in [3.63, 3.8) is 0 Å². The van der Waals surface area contributed by atoms with Gasteiger partial charge in [0.15, 0.2) is 11.5 Å². The van der Waals surface area contributed by atoms with E-state index in [9.17, 15) is 9.59 Å². The van der Waals surface area contributed by atoms with Gasteiger partial charge in [0, 0.05) is 16.7 Å². The van der Waals surface area contributed by atoms with E-state index >= 15 is 0 Å². The molecule has 0 spiro atoms. The molecule has 0 N–H and O–H groups in total. The number of rotatable bonds is 11. The normalized spacial score (nSPS) is 10.7. The van der Waals surface area contributed by atoms with Gasteiger partial charge in [-0.1, -0.05) is 42.5 Å². The zero-order chi connectivity index (χ0) is 24.6. The van der Waals surface area contributed by atoms with E-state index in [4.69, 9.17) is 14.2 Å². The van der Waals surface area contributed by atoms with Gasteiger partial charge in [-0.15, -0.1) is 11.8 Å². The topological polar surface area (TPSA) is 61.8 Å². The van der Waals surface area contributed by atoms with Crippen molar-refractivity contribution in [2.75, 3.05) is 20.0 Å². The highest BCUT2D eigenvalue weighted by Gasteiger charge is 2.13. The summed E-state index contributed by atoms with van der Waals surface area (Å²) in [6.07, 6.45) is 0.159. The van der Waals surface area contributed by atoms with Crippen molar-refractivity contribution < 1.29 is 23.8 Å². The van der Waals surface area contributed by atoms with Gasteiger partial charge < -0.3 is 14.2 Å². The van der Waals surface area contributed by atoms with Crippen LogP contribution in [0.2, 0.25) is 0 Å². The molecule has 4 aromatic carbocycles. The molecule has 0 saturated carbocycles. The van der Waals surface area contributed by atoms with Crippen molar-refractivity contribution in [2.45, 2.75) is 17.7 Å². The van der Waals surface area contributed by atoms with Crippen LogP contribution in [0.25, 0.3) is 10.8 Å². The van der Waals surface area contributed by atoms with Gasteiger partial charge in [0.05, 0.1) is 26.4 Å². The summed E-state index contributed by atoms with van der Waals surface area (Å²) < 4.78 is 16.9. The minimum absolute atomic E-state index is 0.0562. The standard InChI is InChI=1S/C29H26O5S/c1-32-28-16-21-7-6-10-27(26(21)18-29(28)33-2)34-24-13-11-20(12-14-24)15-22(30)17-23(31)19-35-25-8-4-3-5-9-25/h3-14,16,18H,15,17,19H2,1-2H3. The molecule has 0 aliphatic rings. The Morgan fingerprint density at radius 2 is 1.46 bits per heavy atom. The Bertz CT molecular complexity index is 1320. The van der Waals surface area contributed by atoms with Gasteiger partial charge in [0.2, 0.25) is 0 Å². The Labute approximate surface area is 209 Å². The summed E-state index contributed by atoms with van der Waals surface area (Å²) in [4.78, 5) is 25.6. The zero-order valence-electron chi connectivity index (χ0n) is 19.7. The molecule has 4 rings (SSSR count). The van der Waals surface area contributed by atoms with Crippen LogP contribution in [0.1, 0.15) is 12.0 Å². The molecular formula is C29H26O5S. The molecule has 0 heterocycles. The van der Waals surface area contributed by atoms with Crippen LogP contribution in [0, 0.1) is 0 Å². The molecule has 4 aromatic rings. The van der Waals surface area contributed by atoms with E-state index in [1.807, 2.05) is 84.9 Å². The number of fused-ring (bicyclic) bond motifs is 1. The summed E-state index contributed by atoms with van der Waals surface area (Å²) in [5.74, 6) is 2.77. The second-order valence-electron chi connectivity index (χ2n) is 7.96. The van der Waals surface area contributed by atoms with Crippen LogP contribution < -0.4 is 14.2 Å². The fourth-order valence-electron chi connectivity index (χ4n) is 3.71. The Morgan fingerprint density at radius 1 is 0.743 bits per heavy atom. The number of hydrogen-bond acceptors (Lipinski definition) is 6. The number of hydrogen-bond donors (Lipinski definition) is 0. The predicted octanol–water partition coefficient (Wildman–Crippen LogP) is 6.51. The van der Waals surface area contributed by atoms with E-state index in [2.05, 4.69) is 0 Å². The van der Waals surface area contributed by atoms with E-state index in [1.54, 1.807) is 14.2 Å². The van der Waals surface area contributed by atoms with Crippen LogP contribution in [0.4, 0.5) is 0 Å². The quantitative estimate of drug-likeness (QED) is 0.178. The third-order valence-corrected chi connectivity index (χ3v) is 6.51. The van der Waals surface area contributed by atoms with Crippen LogP contribution in [0.15, 0.2) is 89.8 Å². The third kappa shape index (κ3) is 6.43. The van der Waals surface area contributed by atoms with Gasteiger partial charge in [-0.05, 0) is 53.4 Å². The van der Waals surface area contributed by atoms with Gasteiger partial charge in [0.1, 0.15) is 23.1 Å². The number of thioether (sulfide) groups is 1. The zero-order valence-corrected chi connectivity index (χ0v) is 20.5. The minimum atomic E-state index is -0.0903. The first kappa shape index (κ1) is 24.4. The Hall–Kier alpha value is -3.77. The molecule has 35 heavy (non-hydrogen) atoms. The molecular weight excluding hydrogens is 460 g/mol. The summed E-state index contributed by atoms with van der Waals surface area (Å²) in [5.41, 5.74) is 0.843. The molecule has 0 fully saturated rings. The number of methoxy groups -OCH3 is 2. The Morgan fingerprint density at radius 3 is 2.17 bits per heavy atom. The monoisotopic (exact) mass is 486 g/mol. The first-order valence-corrected chi connectivity index (χ1v) is 12.2. The fraction of sp³-hybridized carbons (Fsp3) is 0.172. The smallest absolute Gasteiger partial charge is 0.161 e. The predicted molar refractivity (Wildman–Crippen MR) is 139 cm³/mol. The summed E-state index contributed by atoms with van der Waals surface area (Å²) in [7, 11) is 3.21. The van der Waals surface area contributed by atoms with E-state index in [0.717, 1.165) is 21.2 Å². The van der Waals surface area contributed by atoms with Crippen molar-refractivity contribution in [3.05, 3.63) is 90.5 Å². The molecule has 0 saturated heterocycles. The molecule has 0 radical (unpaired) electrons. The third-order valence-electron chi connectivity index (χ3n) is 5.43. The van der Waals surface area contributed by atoms with Crippen molar-refractivity contribution in [1.82, 2.24) is 0 Å². The van der Waals surface area contributed by atoms with Crippen molar-refractivity contribution in [2.24, 2.45) is 0 Å². The van der Waals surface area contributed by atoms with Gasteiger partial charge >= 0.3 is 0 Å². The van der Waals surface area contributed by atoms with Crippen LogP contribution >= 0.6 is 11.8 Å². The Balaban J connectivity index is 1.36. The number of carbonyl (C=O) groups excluding carboxylic acids is 2. The molecule has 0 unspecified atom stereocenters. The average Bonchev–Trinajstić information content (AvgIpc) is 2.88. The highest BCUT2D eigenvalue weighted by molar-refractivity contribution is 8.00. The van der Waals surface area contributed by atoms with Gasteiger partial charge in [0.25, 0.3) is 0 Å². The number of ketones is 2. The lowest BCUT2D eigenvalue weighted by Crippen LogP contribution is -2.12. The van der Waals surface area contributed by atoms with Gasteiger partial charge in [-0.25, -0.2) is 0 Å². The largest absolute Gasteiger partial charge is 0.493 e. The van der Waals surface area contributed by atoms with Gasteiger partial charge in [-0.3, -0.25) is 9.59 Å². The maximum absolute atomic E-state index is 12.4. The molecule has 6 heteroatoms. The molecule has 0 atom stereocenters. The Kier molecular flexibility index (Phi) is 8.06. The van der Waals surface area contributed by atoms with E-state index in [-0.39, 0.29) is 24.4 Å². The molecule has 178 valence electrons. The fourth-order valence-corrected chi connectivity index (χ4v) is 4.49. The van der Waals surface area contributed by atoms with Gasteiger partial charge in [-0.2, -0.15) is 0 Å². The van der Waals surface area contributed by atoms with E-state index in [0.29, 0.717) is 28.8 Å². The second kappa shape index (κ2) is 11.6. The summed E-state index contributed by atoms with van der Waals surface area (Å²) in [5, 5.41) is 1.87. The molecule has 0 amide bonds. The molecule has 5 nitrogen and oxygen atoms in total. The second-order valence-corrected chi connectivity index (χ2v) is 9.01. The van der Waals surface area contributed by atoms with Crippen molar-refractivity contribution in [1.29, 1.82) is 0 Å². The minimum Gasteiger partial charge on any atom is -0.493 e. The maximum atomic E-state index is 12.4.